The maximum Gasteiger partial charge on any atom is 0.258 e. The molecule has 0 bridgehead atoms. The van der Waals surface area contributed by atoms with Gasteiger partial charge in [0, 0.05) is 10.2 Å². The molecule has 3 rings (SSSR count). The van der Waals surface area contributed by atoms with E-state index in [0.29, 0.717) is 16.4 Å². The summed E-state index contributed by atoms with van der Waals surface area (Å²) in [6.07, 6.45) is 0. The molecule has 1 aromatic heterocycles. The van der Waals surface area contributed by atoms with E-state index in [0.717, 1.165) is 20.3 Å². The summed E-state index contributed by atoms with van der Waals surface area (Å²) in [6, 6.07) is 11.1. The first-order valence-electron chi connectivity index (χ1n) is 6.26. The number of carbonyl (C=O) groups is 1. The molecule has 21 heavy (non-hydrogen) atoms. The van der Waals surface area contributed by atoms with Gasteiger partial charge in [0.25, 0.3) is 5.91 Å². The molecule has 0 aliphatic carbocycles. The Morgan fingerprint density at radius 1 is 1.29 bits per heavy atom. The van der Waals surface area contributed by atoms with Crippen molar-refractivity contribution in [1.29, 1.82) is 0 Å². The summed E-state index contributed by atoms with van der Waals surface area (Å²) in [4.78, 5) is 16.7. The molecule has 106 valence electrons. The minimum Gasteiger partial charge on any atom is -0.399 e. The number of thiazole rings is 1. The predicted octanol–water partition coefficient (Wildman–Crippen LogP) is 4.20. The van der Waals surface area contributed by atoms with Crippen LogP contribution in [0.2, 0.25) is 0 Å². The molecule has 0 unspecified atom stereocenters. The van der Waals surface area contributed by atoms with Crippen molar-refractivity contribution in [2.24, 2.45) is 0 Å². The van der Waals surface area contributed by atoms with Crippen molar-refractivity contribution in [2.45, 2.75) is 6.92 Å². The van der Waals surface area contributed by atoms with E-state index in [1.165, 1.54) is 11.3 Å². The third-order valence-corrected chi connectivity index (χ3v) is 4.59. The minimum absolute atomic E-state index is 0.186. The molecular formula is C15H12BrN3OS. The summed E-state index contributed by atoms with van der Waals surface area (Å²) >= 11 is 4.82. The van der Waals surface area contributed by atoms with E-state index < -0.39 is 0 Å². The minimum atomic E-state index is -0.186. The van der Waals surface area contributed by atoms with Gasteiger partial charge in [0.15, 0.2) is 5.13 Å². The van der Waals surface area contributed by atoms with Crippen molar-refractivity contribution < 1.29 is 4.79 Å². The molecule has 1 amide bonds. The van der Waals surface area contributed by atoms with Crippen LogP contribution in [0.15, 0.2) is 40.9 Å². The standard InChI is InChI=1S/C15H12BrN3OS/c1-8-2-4-10(11(16)6-8)14(20)19-15-18-12-5-3-9(17)7-13(12)21-15/h2-7H,17H2,1H3,(H,18,19,20). The highest BCUT2D eigenvalue weighted by atomic mass is 79.9. The van der Waals surface area contributed by atoms with Gasteiger partial charge in [-0.3, -0.25) is 10.1 Å². The topological polar surface area (TPSA) is 68.0 Å². The molecule has 6 heteroatoms. The first-order valence-corrected chi connectivity index (χ1v) is 7.87. The number of anilines is 2. The number of aromatic nitrogens is 1. The molecule has 0 saturated carbocycles. The first-order chi connectivity index (χ1) is 10.0. The number of carbonyl (C=O) groups excluding carboxylic acids is 1. The molecule has 4 nitrogen and oxygen atoms in total. The van der Waals surface area contributed by atoms with E-state index in [1.54, 1.807) is 12.1 Å². The number of nitrogens with two attached hydrogens (primary N) is 1. The number of nitrogen functional groups attached to an aromatic ring is 1. The second-order valence-corrected chi connectivity index (χ2v) is 6.57. The van der Waals surface area contributed by atoms with Crippen LogP contribution in [0.4, 0.5) is 10.8 Å². The molecule has 0 spiro atoms. The number of hydrogen-bond donors (Lipinski definition) is 2. The Balaban J connectivity index is 1.89. The Hall–Kier alpha value is -1.92. The summed E-state index contributed by atoms with van der Waals surface area (Å²) in [5, 5.41) is 3.39. The molecule has 0 fully saturated rings. The van der Waals surface area contributed by atoms with Gasteiger partial charge in [-0.15, -0.1) is 0 Å². The van der Waals surface area contributed by atoms with Gasteiger partial charge in [-0.1, -0.05) is 17.4 Å². The maximum atomic E-state index is 12.3. The Labute approximate surface area is 134 Å². The summed E-state index contributed by atoms with van der Waals surface area (Å²) < 4.78 is 1.72. The summed E-state index contributed by atoms with van der Waals surface area (Å²) in [6.45, 7) is 1.98. The largest absolute Gasteiger partial charge is 0.399 e. The Morgan fingerprint density at radius 3 is 2.86 bits per heavy atom. The van der Waals surface area contributed by atoms with Crippen LogP contribution in [0, 0.1) is 6.92 Å². The van der Waals surface area contributed by atoms with Crippen molar-refractivity contribution in [3.8, 4) is 0 Å². The SMILES string of the molecule is Cc1ccc(C(=O)Nc2nc3ccc(N)cc3s2)c(Br)c1. The highest BCUT2D eigenvalue weighted by molar-refractivity contribution is 9.10. The van der Waals surface area contributed by atoms with Crippen molar-refractivity contribution in [3.63, 3.8) is 0 Å². The van der Waals surface area contributed by atoms with Gasteiger partial charge < -0.3 is 5.73 Å². The Bertz CT molecular complexity index is 844. The normalized spacial score (nSPS) is 10.8. The van der Waals surface area contributed by atoms with E-state index in [9.17, 15) is 4.79 Å². The zero-order chi connectivity index (χ0) is 15.0. The van der Waals surface area contributed by atoms with Crippen LogP contribution in [0.5, 0.6) is 0 Å². The lowest BCUT2D eigenvalue weighted by Crippen LogP contribution is -2.12. The third-order valence-electron chi connectivity index (χ3n) is 3.00. The monoisotopic (exact) mass is 361 g/mol. The number of nitrogens with zero attached hydrogens (tertiary/aromatic N) is 1. The van der Waals surface area contributed by atoms with Crippen molar-refractivity contribution in [1.82, 2.24) is 4.98 Å². The van der Waals surface area contributed by atoms with Crippen LogP contribution < -0.4 is 11.1 Å². The van der Waals surface area contributed by atoms with E-state index >= 15 is 0 Å². The fraction of sp³-hybridized carbons (Fsp3) is 0.0667. The quantitative estimate of drug-likeness (QED) is 0.672. The molecule has 0 aliphatic heterocycles. The summed E-state index contributed by atoms with van der Waals surface area (Å²) in [7, 11) is 0. The smallest absolute Gasteiger partial charge is 0.258 e. The number of fused-ring (bicyclic) bond motifs is 1. The number of amides is 1. The lowest BCUT2D eigenvalue weighted by Gasteiger charge is -2.04. The van der Waals surface area contributed by atoms with Crippen molar-refractivity contribution in [2.75, 3.05) is 11.1 Å². The molecule has 3 aromatic rings. The van der Waals surface area contributed by atoms with Crippen LogP contribution in [-0.2, 0) is 0 Å². The molecule has 0 radical (unpaired) electrons. The van der Waals surface area contributed by atoms with Gasteiger partial charge in [-0.25, -0.2) is 4.98 Å². The van der Waals surface area contributed by atoms with E-state index in [1.807, 2.05) is 31.2 Å². The summed E-state index contributed by atoms with van der Waals surface area (Å²) in [5.41, 5.74) is 8.93. The van der Waals surface area contributed by atoms with Gasteiger partial charge in [-0.05, 0) is 58.7 Å². The van der Waals surface area contributed by atoms with E-state index in [-0.39, 0.29) is 5.91 Å². The summed E-state index contributed by atoms with van der Waals surface area (Å²) in [5.74, 6) is -0.186. The highest BCUT2D eigenvalue weighted by Gasteiger charge is 2.13. The van der Waals surface area contributed by atoms with Gasteiger partial charge in [-0.2, -0.15) is 0 Å². The number of aryl methyl sites for hydroxylation is 1. The molecule has 0 aliphatic rings. The van der Waals surface area contributed by atoms with Crippen LogP contribution in [0.3, 0.4) is 0 Å². The second-order valence-electron chi connectivity index (χ2n) is 4.68. The van der Waals surface area contributed by atoms with Crippen LogP contribution in [0.1, 0.15) is 15.9 Å². The van der Waals surface area contributed by atoms with Crippen LogP contribution >= 0.6 is 27.3 Å². The number of benzene rings is 2. The molecule has 2 aromatic carbocycles. The lowest BCUT2D eigenvalue weighted by atomic mass is 10.1. The molecular weight excluding hydrogens is 350 g/mol. The Kier molecular flexibility index (Phi) is 3.65. The number of hydrogen-bond acceptors (Lipinski definition) is 4. The third kappa shape index (κ3) is 2.91. The molecule has 0 saturated heterocycles. The van der Waals surface area contributed by atoms with Crippen LogP contribution in [-0.4, -0.2) is 10.9 Å². The molecule has 1 heterocycles. The average Bonchev–Trinajstić information content (AvgIpc) is 2.79. The zero-order valence-electron chi connectivity index (χ0n) is 11.2. The number of halogens is 1. The highest BCUT2D eigenvalue weighted by Crippen LogP contribution is 2.28. The number of nitrogens with one attached hydrogen (secondary N) is 1. The fourth-order valence-electron chi connectivity index (χ4n) is 1.96. The predicted molar refractivity (Wildman–Crippen MR) is 90.9 cm³/mol. The van der Waals surface area contributed by atoms with Gasteiger partial charge in [0.05, 0.1) is 15.8 Å². The van der Waals surface area contributed by atoms with E-state index in [2.05, 4.69) is 26.2 Å². The zero-order valence-corrected chi connectivity index (χ0v) is 13.6. The first kappa shape index (κ1) is 14.0. The van der Waals surface area contributed by atoms with Crippen LogP contribution in [0.25, 0.3) is 10.2 Å². The van der Waals surface area contributed by atoms with E-state index in [4.69, 9.17) is 5.73 Å². The second kappa shape index (κ2) is 5.46. The lowest BCUT2D eigenvalue weighted by molar-refractivity contribution is 0.102. The van der Waals surface area contributed by atoms with Gasteiger partial charge >= 0.3 is 0 Å². The molecule has 0 atom stereocenters. The van der Waals surface area contributed by atoms with Crippen molar-refractivity contribution >= 4 is 54.2 Å². The maximum absolute atomic E-state index is 12.3. The van der Waals surface area contributed by atoms with Crippen molar-refractivity contribution in [3.05, 3.63) is 52.0 Å². The van der Waals surface area contributed by atoms with Gasteiger partial charge in [0.2, 0.25) is 0 Å². The average molecular weight is 362 g/mol. The fourth-order valence-corrected chi connectivity index (χ4v) is 3.55. The number of rotatable bonds is 2. The van der Waals surface area contributed by atoms with Gasteiger partial charge in [0.1, 0.15) is 0 Å². The Morgan fingerprint density at radius 2 is 2.10 bits per heavy atom. The molecule has 3 N–H and O–H groups in total.